The number of aliphatic hydroxyl groups is 1. The Morgan fingerprint density at radius 2 is 1.17 bits per heavy atom. The minimum atomic E-state index is -4.61. The van der Waals surface area contributed by atoms with E-state index in [1.54, 1.807) is 6.08 Å². The predicted molar refractivity (Wildman–Crippen MR) is 223 cm³/mol. The molecule has 8 nitrogen and oxygen atoms in total. The summed E-state index contributed by atoms with van der Waals surface area (Å²) in [6.07, 6.45) is 48.8. The maximum atomic E-state index is 12.8. The summed E-state index contributed by atoms with van der Waals surface area (Å²) in [5.41, 5.74) is 0. The van der Waals surface area contributed by atoms with Crippen LogP contribution in [0, 0.1) is 0 Å². The number of likely N-dealkylation sites (N-methyl/N-ethyl adjacent to an activating group) is 1. The lowest BCUT2D eigenvalue weighted by atomic mass is 10.1. The minimum Gasteiger partial charge on any atom is -0.756 e. The van der Waals surface area contributed by atoms with Crippen LogP contribution in [0.1, 0.15) is 123 Å². The molecule has 1 amide bonds. The van der Waals surface area contributed by atoms with Crippen molar-refractivity contribution in [2.75, 3.05) is 40.9 Å². The first-order valence-corrected chi connectivity index (χ1v) is 21.6. The Morgan fingerprint density at radius 1 is 0.679 bits per heavy atom. The fraction of sp³-hybridized carbons (Fsp3) is 0.614. The van der Waals surface area contributed by atoms with Crippen molar-refractivity contribution in [3.05, 3.63) is 97.2 Å². The number of nitrogens with one attached hydrogen (secondary N) is 1. The molecule has 0 aliphatic rings. The summed E-state index contributed by atoms with van der Waals surface area (Å²) >= 11 is 0. The molecule has 0 radical (unpaired) electrons. The number of unbranched alkanes of at least 4 members (excludes halogenated alkanes) is 7. The second-order valence-corrected chi connectivity index (χ2v) is 15.6. The van der Waals surface area contributed by atoms with Crippen molar-refractivity contribution in [2.45, 2.75) is 135 Å². The van der Waals surface area contributed by atoms with Crippen LogP contribution in [0.25, 0.3) is 0 Å². The molecule has 2 N–H and O–H groups in total. The monoisotopic (exact) mass is 759 g/mol. The average Bonchev–Trinajstić information content (AvgIpc) is 3.10. The van der Waals surface area contributed by atoms with Crippen LogP contribution in [0.3, 0.4) is 0 Å². The van der Waals surface area contributed by atoms with Crippen LogP contribution in [-0.2, 0) is 18.4 Å². The molecule has 0 rings (SSSR count). The average molecular weight is 759 g/mol. The number of phosphoric ester groups is 1. The molecule has 0 saturated carbocycles. The van der Waals surface area contributed by atoms with Gasteiger partial charge in [0, 0.05) is 6.42 Å². The zero-order valence-electron chi connectivity index (χ0n) is 33.9. The standard InChI is InChI=1S/C44H75N2O6P/c1-6-8-10-12-14-16-18-20-21-22-23-24-25-26-28-30-32-34-36-38-44(48)45-42(41-52-53(49,50)51-40-39-46(3,4)5)43(47)37-35-33-31-29-27-19-17-15-13-11-9-7-2/h8,10,13-16,20-21,23-24,26-29,35,37,42-43,47H,6-7,9,11-12,17-19,22,25,30-34,36,38-41H2,1-5H3,(H-,45,48,49,50)/b10-8-,15-13+,16-14-,21-20-,24-23-,28-26-,29-27+,37-35+. The number of phosphoric acid groups is 1. The van der Waals surface area contributed by atoms with Crippen LogP contribution >= 0.6 is 7.82 Å². The van der Waals surface area contributed by atoms with Gasteiger partial charge in [0.25, 0.3) is 7.82 Å². The van der Waals surface area contributed by atoms with Gasteiger partial charge in [-0.1, -0.05) is 130 Å². The van der Waals surface area contributed by atoms with E-state index in [0.29, 0.717) is 23.9 Å². The first-order chi connectivity index (χ1) is 25.5. The second kappa shape index (κ2) is 35.1. The van der Waals surface area contributed by atoms with E-state index in [4.69, 9.17) is 9.05 Å². The molecule has 0 aliphatic carbocycles. The maximum absolute atomic E-state index is 12.8. The zero-order valence-corrected chi connectivity index (χ0v) is 34.8. The second-order valence-electron chi connectivity index (χ2n) is 14.2. The molecule has 0 aliphatic heterocycles. The molecule has 302 valence electrons. The highest BCUT2D eigenvalue weighted by Gasteiger charge is 2.23. The van der Waals surface area contributed by atoms with E-state index in [-0.39, 0.29) is 18.9 Å². The quantitative estimate of drug-likeness (QED) is 0.0293. The Kier molecular flexibility index (Phi) is 33.4. The summed E-state index contributed by atoms with van der Waals surface area (Å²) in [6.45, 7) is 4.38. The lowest BCUT2D eigenvalue weighted by Crippen LogP contribution is -2.45. The van der Waals surface area contributed by atoms with Crippen LogP contribution in [0.2, 0.25) is 0 Å². The van der Waals surface area contributed by atoms with Crippen LogP contribution in [0.4, 0.5) is 0 Å². The number of carbonyl (C=O) groups excluding carboxylic acids is 1. The molecule has 3 atom stereocenters. The third-order valence-corrected chi connectivity index (χ3v) is 8.97. The molecule has 0 aromatic carbocycles. The molecular formula is C44H75N2O6P. The van der Waals surface area contributed by atoms with Crippen molar-refractivity contribution in [1.82, 2.24) is 5.32 Å². The van der Waals surface area contributed by atoms with Gasteiger partial charge in [0.05, 0.1) is 39.9 Å². The van der Waals surface area contributed by atoms with Gasteiger partial charge in [0.1, 0.15) is 13.2 Å². The van der Waals surface area contributed by atoms with E-state index in [0.717, 1.165) is 77.0 Å². The molecule has 0 heterocycles. The van der Waals surface area contributed by atoms with Gasteiger partial charge in [-0.25, -0.2) is 0 Å². The maximum Gasteiger partial charge on any atom is 0.268 e. The molecule has 0 aromatic heterocycles. The molecule has 0 spiro atoms. The number of nitrogens with zero attached hydrogens (tertiary/aromatic N) is 1. The third-order valence-electron chi connectivity index (χ3n) is 8.01. The number of allylic oxidation sites excluding steroid dienone is 15. The lowest BCUT2D eigenvalue weighted by Gasteiger charge is -2.29. The van der Waals surface area contributed by atoms with E-state index in [1.165, 1.54) is 12.8 Å². The number of quaternary nitrogens is 1. The Hall–Kier alpha value is -2.58. The molecular weight excluding hydrogens is 683 g/mol. The number of amides is 1. The Labute approximate surface area is 324 Å². The normalized spacial score (nSPS) is 15.5. The van der Waals surface area contributed by atoms with Gasteiger partial charge >= 0.3 is 0 Å². The summed E-state index contributed by atoms with van der Waals surface area (Å²) in [5, 5.41) is 13.7. The van der Waals surface area contributed by atoms with E-state index < -0.39 is 26.6 Å². The van der Waals surface area contributed by atoms with Crippen molar-refractivity contribution >= 4 is 13.7 Å². The molecule has 0 aromatic rings. The molecule has 0 fully saturated rings. The summed E-state index contributed by atoms with van der Waals surface area (Å²) in [5.74, 6) is -0.251. The van der Waals surface area contributed by atoms with Crippen molar-refractivity contribution < 1.29 is 32.9 Å². The lowest BCUT2D eigenvalue weighted by molar-refractivity contribution is -0.870. The Bertz CT molecular complexity index is 1180. The molecule has 0 saturated heterocycles. The molecule has 3 unspecified atom stereocenters. The van der Waals surface area contributed by atoms with Crippen LogP contribution in [-0.4, -0.2) is 68.5 Å². The smallest absolute Gasteiger partial charge is 0.268 e. The van der Waals surface area contributed by atoms with E-state index in [2.05, 4.69) is 104 Å². The van der Waals surface area contributed by atoms with Gasteiger partial charge in [0.15, 0.2) is 0 Å². The summed E-state index contributed by atoms with van der Waals surface area (Å²) < 4.78 is 23.1. The molecule has 53 heavy (non-hydrogen) atoms. The SMILES string of the molecule is CC/C=C\C/C=C\C/C=C\C/C=C\C/C=C\CCCCCC(=O)NC(COP(=O)([O-])OCC[N+](C)(C)C)C(O)/C=C/CC/C=C/CC/C=C/CCCC. The van der Waals surface area contributed by atoms with Crippen LogP contribution in [0.15, 0.2) is 97.2 Å². The van der Waals surface area contributed by atoms with Gasteiger partial charge < -0.3 is 28.8 Å². The van der Waals surface area contributed by atoms with Gasteiger partial charge in [-0.05, 0) is 83.5 Å². The van der Waals surface area contributed by atoms with Gasteiger partial charge in [-0.15, -0.1) is 0 Å². The number of hydrogen-bond acceptors (Lipinski definition) is 6. The predicted octanol–water partition coefficient (Wildman–Crippen LogP) is 10.2. The van der Waals surface area contributed by atoms with Gasteiger partial charge in [-0.2, -0.15) is 0 Å². The Balaban J connectivity index is 4.62. The van der Waals surface area contributed by atoms with Crippen molar-refractivity contribution in [3.63, 3.8) is 0 Å². The van der Waals surface area contributed by atoms with E-state index in [1.807, 2.05) is 27.2 Å². The van der Waals surface area contributed by atoms with Gasteiger partial charge in [0.2, 0.25) is 5.91 Å². The third kappa shape index (κ3) is 37.5. The highest BCUT2D eigenvalue weighted by atomic mass is 31.2. The largest absolute Gasteiger partial charge is 0.756 e. The van der Waals surface area contributed by atoms with Crippen molar-refractivity contribution in [3.8, 4) is 0 Å². The van der Waals surface area contributed by atoms with E-state index >= 15 is 0 Å². The fourth-order valence-corrected chi connectivity index (χ4v) is 5.50. The van der Waals surface area contributed by atoms with Crippen molar-refractivity contribution in [2.24, 2.45) is 0 Å². The van der Waals surface area contributed by atoms with Gasteiger partial charge in [-0.3, -0.25) is 9.36 Å². The first-order valence-electron chi connectivity index (χ1n) is 20.1. The first kappa shape index (κ1) is 50.4. The number of aliphatic hydroxyl groups excluding tert-OH is 1. The number of rotatable bonds is 34. The highest BCUT2D eigenvalue weighted by Crippen LogP contribution is 2.38. The Morgan fingerprint density at radius 3 is 1.72 bits per heavy atom. The number of carbonyl (C=O) groups is 1. The molecule has 0 bridgehead atoms. The minimum absolute atomic E-state index is 0.0218. The topological polar surface area (TPSA) is 108 Å². The summed E-state index contributed by atoms with van der Waals surface area (Å²) in [6, 6.07) is -0.931. The van der Waals surface area contributed by atoms with Crippen LogP contribution in [0.5, 0.6) is 0 Å². The van der Waals surface area contributed by atoms with E-state index in [9.17, 15) is 19.4 Å². The molecule has 9 heteroatoms. The number of hydrogen-bond donors (Lipinski definition) is 2. The summed E-state index contributed by atoms with van der Waals surface area (Å²) in [4.78, 5) is 25.2. The van der Waals surface area contributed by atoms with Crippen molar-refractivity contribution in [1.29, 1.82) is 0 Å². The highest BCUT2D eigenvalue weighted by molar-refractivity contribution is 7.45. The summed E-state index contributed by atoms with van der Waals surface area (Å²) in [7, 11) is 1.19. The zero-order chi connectivity index (χ0) is 39.3. The van der Waals surface area contributed by atoms with Crippen LogP contribution < -0.4 is 10.2 Å². The fourth-order valence-electron chi connectivity index (χ4n) is 4.78.